The zero-order chi connectivity index (χ0) is 15.9. The fourth-order valence-corrected chi connectivity index (χ4v) is 1.97. The lowest BCUT2D eigenvalue weighted by Crippen LogP contribution is -2.57. The Morgan fingerprint density at radius 1 is 1.33 bits per heavy atom. The van der Waals surface area contributed by atoms with Gasteiger partial charge in [-0.25, -0.2) is 0 Å². The van der Waals surface area contributed by atoms with Crippen LogP contribution in [0.4, 0.5) is 0 Å². The fourth-order valence-electron chi connectivity index (χ4n) is 1.97. The Kier molecular flexibility index (Phi) is 6.69. The molecule has 0 aliphatic rings. The van der Waals surface area contributed by atoms with E-state index in [1.807, 2.05) is 19.1 Å². The van der Waals surface area contributed by atoms with E-state index in [4.69, 9.17) is 10.5 Å². The number of primary amides is 1. The quantitative estimate of drug-likeness (QED) is 0.735. The molecule has 0 radical (unpaired) electrons. The molecule has 0 aliphatic carbocycles. The summed E-state index contributed by atoms with van der Waals surface area (Å²) in [6, 6.07) is 8.04. The Hall–Kier alpha value is -1.55. The molecule has 4 nitrogen and oxygen atoms in total. The number of rotatable bonds is 9. The minimum Gasteiger partial charge on any atom is -0.491 e. The van der Waals surface area contributed by atoms with Crippen LogP contribution in [0.5, 0.6) is 5.75 Å². The van der Waals surface area contributed by atoms with E-state index in [2.05, 4.69) is 31.3 Å². The van der Waals surface area contributed by atoms with Crippen LogP contribution in [-0.4, -0.2) is 24.6 Å². The van der Waals surface area contributed by atoms with E-state index >= 15 is 0 Å². The number of nitrogens with two attached hydrogens (primary N) is 1. The van der Waals surface area contributed by atoms with Gasteiger partial charge in [-0.15, -0.1) is 0 Å². The number of ether oxygens (including phenoxy) is 1. The third-order valence-corrected chi connectivity index (χ3v) is 3.90. The van der Waals surface area contributed by atoms with E-state index in [9.17, 15) is 4.79 Å². The summed E-state index contributed by atoms with van der Waals surface area (Å²) in [4.78, 5) is 11.6. The summed E-state index contributed by atoms with van der Waals surface area (Å²) in [7, 11) is 0. The summed E-state index contributed by atoms with van der Waals surface area (Å²) < 4.78 is 5.73. The molecule has 0 spiro atoms. The van der Waals surface area contributed by atoms with Gasteiger partial charge in [0.15, 0.2) is 0 Å². The van der Waals surface area contributed by atoms with Crippen molar-refractivity contribution in [3.05, 3.63) is 29.8 Å². The van der Waals surface area contributed by atoms with E-state index in [0.717, 1.165) is 25.1 Å². The van der Waals surface area contributed by atoms with Crippen LogP contribution < -0.4 is 15.8 Å². The zero-order valence-corrected chi connectivity index (χ0v) is 13.6. The molecular formula is C17H28N2O2. The number of amides is 1. The Morgan fingerprint density at radius 2 is 1.95 bits per heavy atom. The molecule has 21 heavy (non-hydrogen) atoms. The van der Waals surface area contributed by atoms with Crippen molar-refractivity contribution in [2.45, 2.75) is 52.0 Å². The van der Waals surface area contributed by atoms with Crippen molar-refractivity contribution in [2.75, 3.05) is 13.2 Å². The number of nitrogens with one attached hydrogen (secondary N) is 1. The Labute approximate surface area is 128 Å². The largest absolute Gasteiger partial charge is 0.491 e. The summed E-state index contributed by atoms with van der Waals surface area (Å²) in [5, 5.41) is 3.15. The highest BCUT2D eigenvalue weighted by atomic mass is 16.5. The van der Waals surface area contributed by atoms with Gasteiger partial charge < -0.3 is 15.8 Å². The average Bonchev–Trinajstić information content (AvgIpc) is 2.50. The Bertz CT molecular complexity index is 445. The van der Waals surface area contributed by atoms with Gasteiger partial charge in [-0.3, -0.25) is 4.79 Å². The van der Waals surface area contributed by atoms with Crippen LogP contribution in [0.25, 0.3) is 0 Å². The van der Waals surface area contributed by atoms with Crippen LogP contribution in [0.2, 0.25) is 0 Å². The first-order valence-corrected chi connectivity index (χ1v) is 7.70. The minimum atomic E-state index is -0.842. The molecule has 2 unspecified atom stereocenters. The topological polar surface area (TPSA) is 64.3 Å². The van der Waals surface area contributed by atoms with Gasteiger partial charge in [0.05, 0.1) is 0 Å². The Morgan fingerprint density at radius 3 is 2.43 bits per heavy atom. The van der Waals surface area contributed by atoms with Gasteiger partial charge in [0.25, 0.3) is 0 Å². The van der Waals surface area contributed by atoms with E-state index in [1.54, 1.807) is 6.92 Å². The van der Waals surface area contributed by atoms with Crippen molar-refractivity contribution in [1.82, 2.24) is 5.32 Å². The zero-order valence-electron chi connectivity index (χ0n) is 13.6. The molecule has 1 rings (SSSR count). The minimum absolute atomic E-state index is 0.227. The van der Waals surface area contributed by atoms with E-state index in [-0.39, 0.29) is 6.61 Å². The number of benzene rings is 1. The molecule has 0 aromatic heterocycles. The molecule has 0 heterocycles. The van der Waals surface area contributed by atoms with Crippen LogP contribution in [-0.2, 0) is 4.79 Å². The normalized spacial score (nSPS) is 15.2. The number of carbonyl (C=O) groups excluding carboxylic acids is 1. The van der Waals surface area contributed by atoms with Crippen LogP contribution in [0.1, 0.15) is 52.0 Å². The maximum Gasteiger partial charge on any atom is 0.240 e. The van der Waals surface area contributed by atoms with Gasteiger partial charge in [0.1, 0.15) is 17.9 Å². The molecule has 0 aliphatic heterocycles. The molecule has 0 fully saturated rings. The van der Waals surface area contributed by atoms with E-state index in [1.165, 1.54) is 5.56 Å². The van der Waals surface area contributed by atoms with Crippen LogP contribution >= 0.6 is 0 Å². The Balaban J connectivity index is 2.65. The first-order valence-electron chi connectivity index (χ1n) is 7.70. The van der Waals surface area contributed by atoms with Crippen molar-refractivity contribution in [2.24, 2.45) is 5.73 Å². The van der Waals surface area contributed by atoms with Crippen molar-refractivity contribution in [3.63, 3.8) is 0 Å². The van der Waals surface area contributed by atoms with Crippen molar-refractivity contribution >= 4 is 5.91 Å². The SMILES string of the molecule is CCCNC(C)(COc1ccc(C(C)CC)cc1)C(N)=O. The number of hydrogen-bond donors (Lipinski definition) is 2. The summed E-state index contributed by atoms with van der Waals surface area (Å²) in [5.41, 5.74) is 5.93. The van der Waals surface area contributed by atoms with Gasteiger partial charge >= 0.3 is 0 Å². The van der Waals surface area contributed by atoms with Crippen molar-refractivity contribution < 1.29 is 9.53 Å². The molecule has 0 saturated heterocycles. The number of hydrogen-bond acceptors (Lipinski definition) is 3. The lowest BCUT2D eigenvalue weighted by atomic mass is 9.99. The second-order valence-corrected chi connectivity index (χ2v) is 5.79. The van der Waals surface area contributed by atoms with Crippen LogP contribution in [0, 0.1) is 0 Å². The maximum atomic E-state index is 11.6. The first-order chi connectivity index (χ1) is 9.92. The molecule has 1 amide bonds. The molecule has 2 atom stereocenters. The summed E-state index contributed by atoms with van der Waals surface area (Å²) in [6.45, 7) is 9.16. The van der Waals surface area contributed by atoms with Gasteiger partial charge in [0, 0.05) is 0 Å². The number of carbonyl (C=O) groups is 1. The van der Waals surface area contributed by atoms with Gasteiger partial charge in [0.2, 0.25) is 5.91 Å². The smallest absolute Gasteiger partial charge is 0.240 e. The first kappa shape index (κ1) is 17.5. The highest BCUT2D eigenvalue weighted by molar-refractivity contribution is 5.84. The third-order valence-electron chi connectivity index (χ3n) is 3.90. The maximum absolute atomic E-state index is 11.6. The fraction of sp³-hybridized carbons (Fsp3) is 0.588. The van der Waals surface area contributed by atoms with E-state index in [0.29, 0.717) is 5.92 Å². The molecule has 0 bridgehead atoms. The van der Waals surface area contributed by atoms with Crippen molar-refractivity contribution in [3.8, 4) is 5.75 Å². The lowest BCUT2D eigenvalue weighted by molar-refractivity contribution is -0.125. The summed E-state index contributed by atoms with van der Waals surface area (Å²) in [5.74, 6) is 0.904. The molecule has 118 valence electrons. The van der Waals surface area contributed by atoms with Crippen LogP contribution in [0.15, 0.2) is 24.3 Å². The van der Waals surface area contributed by atoms with Gasteiger partial charge in [-0.05, 0) is 49.9 Å². The predicted octanol–water partition coefficient (Wildman–Crippen LogP) is 2.82. The molecule has 3 N–H and O–H groups in total. The van der Waals surface area contributed by atoms with Gasteiger partial charge in [-0.2, -0.15) is 0 Å². The van der Waals surface area contributed by atoms with Crippen molar-refractivity contribution in [1.29, 1.82) is 0 Å². The lowest BCUT2D eigenvalue weighted by Gasteiger charge is -2.27. The molecule has 0 saturated carbocycles. The third kappa shape index (κ3) is 5.05. The van der Waals surface area contributed by atoms with Gasteiger partial charge in [-0.1, -0.05) is 32.9 Å². The summed E-state index contributed by atoms with van der Waals surface area (Å²) >= 11 is 0. The molecular weight excluding hydrogens is 264 g/mol. The molecule has 1 aromatic rings. The second-order valence-electron chi connectivity index (χ2n) is 5.79. The standard InChI is InChI=1S/C17H28N2O2/c1-5-11-19-17(4,16(18)20)12-21-15-9-7-14(8-10-15)13(3)6-2/h7-10,13,19H,5-6,11-12H2,1-4H3,(H2,18,20). The summed E-state index contributed by atoms with van der Waals surface area (Å²) in [6.07, 6.45) is 2.05. The van der Waals surface area contributed by atoms with E-state index < -0.39 is 11.4 Å². The van der Waals surface area contributed by atoms with Crippen LogP contribution in [0.3, 0.4) is 0 Å². The highest BCUT2D eigenvalue weighted by Crippen LogP contribution is 2.22. The highest BCUT2D eigenvalue weighted by Gasteiger charge is 2.31. The average molecular weight is 292 g/mol. The predicted molar refractivity (Wildman–Crippen MR) is 86.5 cm³/mol. The second kappa shape index (κ2) is 8.03. The molecule has 1 aromatic carbocycles. The molecule has 4 heteroatoms. The monoisotopic (exact) mass is 292 g/mol.